The van der Waals surface area contributed by atoms with E-state index >= 15 is 0 Å². The van der Waals surface area contributed by atoms with E-state index in [0.29, 0.717) is 6.42 Å². The molecule has 4 nitrogen and oxygen atoms in total. The van der Waals surface area contributed by atoms with Gasteiger partial charge in [-0.05, 0) is 11.8 Å². The first-order chi connectivity index (χ1) is 5.45. The number of carboxylic acid groups (broad SMARTS) is 2. The van der Waals surface area contributed by atoms with Crippen molar-refractivity contribution in [3.63, 3.8) is 0 Å². The maximum absolute atomic E-state index is 10.6. The van der Waals surface area contributed by atoms with Crippen LogP contribution in [0.25, 0.3) is 0 Å². The summed E-state index contributed by atoms with van der Waals surface area (Å²) in [6.07, 6.45) is 0.598. The van der Waals surface area contributed by atoms with Gasteiger partial charge in [-0.1, -0.05) is 13.8 Å². The van der Waals surface area contributed by atoms with Crippen molar-refractivity contribution in [3.8, 4) is 0 Å². The molecule has 12 heavy (non-hydrogen) atoms. The fourth-order valence-corrected chi connectivity index (χ4v) is 1.85. The van der Waals surface area contributed by atoms with Crippen molar-refractivity contribution in [1.29, 1.82) is 0 Å². The lowest BCUT2D eigenvalue weighted by Gasteiger charge is -2.03. The Morgan fingerprint density at radius 3 is 1.67 bits per heavy atom. The molecule has 1 aliphatic rings. The molecule has 68 valence electrons. The van der Waals surface area contributed by atoms with E-state index in [0.717, 1.165) is 0 Å². The summed E-state index contributed by atoms with van der Waals surface area (Å²) in [5.74, 6) is -3.38. The number of hydrogen-bond donors (Lipinski definition) is 2. The van der Waals surface area contributed by atoms with Gasteiger partial charge in [0.15, 0.2) is 0 Å². The second-order valence-electron chi connectivity index (χ2n) is 3.49. The van der Waals surface area contributed by atoms with E-state index in [-0.39, 0.29) is 0 Å². The highest BCUT2D eigenvalue weighted by molar-refractivity contribution is 5.87. The SMILES string of the molecule is CCC1(C)C(C(=O)O)C1C(=O)O. The average Bonchev–Trinajstić information content (AvgIpc) is 2.58. The fraction of sp³-hybridized carbons (Fsp3) is 0.750. The normalized spacial score (nSPS) is 39.2. The molecule has 2 unspecified atom stereocenters. The van der Waals surface area contributed by atoms with E-state index in [1.165, 1.54) is 0 Å². The van der Waals surface area contributed by atoms with Crippen LogP contribution in [-0.2, 0) is 9.59 Å². The van der Waals surface area contributed by atoms with Crippen LogP contribution in [0.15, 0.2) is 0 Å². The van der Waals surface area contributed by atoms with E-state index in [2.05, 4.69) is 0 Å². The van der Waals surface area contributed by atoms with Crippen LogP contribution in [0.1, 0.15) is 20.3 Å². The minimum absolute atomic E-state index is 0.530. The van der Waals surface area contributed by atoms with Crippen molar-refractivity contribution < 1.29 is 19.8 Å². The fourth-order valence-electron chi connectivity index (χ4n) is 1.85. The molecule has 1 aliphatic carbocycles. The summed E-state index contributed by atoms with van der Waals surface area (Å²) in [7, 11) is 0. The van der Waals surface area contributed by atoms with Crippen LogP contribution >= 0.6 is 0 Å². The third-order valence-corrected chi connectivity index (χ3v) is 2.94. The lowest BCUT2D eigenvalue weighted by Crippen LogP contribution is -2.05. The van der Waals surface area contributed by atoms with E-state index < -0.39 is 29.2 Å². The van der Waals surface area contributed by atoms with Crippen LogP contribution in [0.5, 0.6) is 0 Å². The van der Waals surface area contributed by atoms with Crippen LogP contribution in [0.4, 0.5) is 0 Å². The molecule has 4 heteroatoms. The Kier molecular flexibility index (Phi) is 1.86. The first kappa shape index (κ1) is 9.03. The number of rotatable bonds is 3. The third-order valence-electron chi connectivity index (χ3n) is 2.94. The maximum Gasteiger partial charge on any atom is 0.307 e. The molecule has 0 aromatic rings. The van der Waals surface area contributed by atoms with Gasteiger partial charge in [0, 0.05) is 0 Å². The molecule has 0 spiro atoms. The summed E-state index contributed by atoms with van der Waals surface area (Å²) < 4.78 is 0. The predicted molar refractivity (Wildman–Crippen MR) is 40.6 cm³/mol. The minimum Gasteiger partial charge on any atom is -0.481 e. The molecule has 2 atom stereocenters. The molecule has 1 rings (SSSR count). The second-order valence-corrected chi connectivity index (χ2v) is 3.49. The van der Waals surface area contributed by atoms with Crippen molar-refractivity contribution in [2.24, 2.45) is 17.3 Å². The van der Waals surface area contributed by atoms with Crippen molar-refractivity contribution in [2.75, 3.05) is 0 Å². The van der Waals surface area contributed by atoms with Crippen LogP contribution in [-0.4, -0.2) is 22.2 Å². The summed E-state index contributed by atoms with van der Waals surface area (Å²) in [4.78, 5) is 21.2. The topological polar surface area (TPSA) is 74.6 Å². The van der Waals surface area contributed by atoms with Crippen LogP contribution in [0.2, 0.25) is 0 Å². The Labute approximate surface area is 70.2 Å². The molecule has 0 aromatic carbocycles. The van der Waals surface area contributed by atoms with Crippen LogP contribution < -0.4 is 0 Å². The molecule has 0 radical (unpaired) electrons. The Bertz CT molecular complexity index is 213. The number of hydrogen-bond acceptors (Lipinski definition) is 2. The summed E-state index contributed by atoms with van der Waals surface area (Å²) in [5.41, 5.74) is -0.530. The summed E-state index contributed by atoms with van der Waals surface area (Å²) >= 11 is 0. The highest BCUT2D eigenvalue weighted by atomic mass is 16.4. The van der Waals surface area contributed by atoms with Crippen LogP contribution in [0, 0.1) is 17.3 Å². The highest BCUT2D eigenvalue weighted by Gasteiger charge is 2.68. The molecule has 0 aromatic heterocycles. The van der Waals surface area contributed by atoms with Crippen LogP contribution in [0.3, 0.4) is 0 Å². The van der Waals surface area contributed by atoms with Crippen molar-refractivity contribution in [1.82, 2.24) is 0 Å². The second kappa shape index (κ2) is 2.47. The van der Waals surface area contributed by atoms with Gasteiger partial charge in [0.05, 0.1) is 11.8 Å². The van der Waals surface area contributed by atoms with Crippen molar-refractivity contribution in [3.05, 3.63) is 0 Å². The van der Waals surface area contributed by atoms with E-state index in [1.54, 1.807) is 6.92 Å². The van der Waals surface area contributed by atoms with Crippen molar-refractivity contribution >= 4 is 11.9 Å². The lowest BCUT2D eigenvalue weighted by molar-refractivity contribution is -0.144. The Morgan fingerprint density at radius 1 is 1.25 bits per heavy atom. The zero-order chi connectivity index (χ0) is 9.52. The zero-order valence-corrected chi connectivity index (χ0v) is 7.07. The standard InChI is InChI=1S/C8H12O4/c1-3-8(2)4(6(9)10)5(8)7(11)12/h4-5H,3H2,1-2H3,(H,9,10)(H,11,12). The largest absolute Gasteiger partial charge is 0.481 e. The van der Waals surface area contributed by atoms with Gasteiger partial charge in [-0.3, -0.25) is 9.59 Å². The van der Waals surface area contributed by atoms with Gasteiger partial charge in [-0.25, -0.2) is 0 Å². The van der Waals surface area contributed by atoms with Gasteiger partial charge < -0.3 is 10.2 Å². The van der Waals surface area contributed by atoms with Gasteiger partial charge in [0.25, 0.3) is 0 Å². The smallest absolute Gasteiger partial charge is 0.307 e. The Morgan fingerprint density at radius 2 is 1.58 bits per heavy atom. The summed E-state index contributed by atoms with van der Waals surface area (Å²) in [6, 6.07) is 0. The quantitative estimate of drug-likeness (QED) is 0.660. The van der Waals surface area contributed by atoms with Gasteiger partial charge in [0.1, 0.15) is 0 Å². The first-order valence-electron chi connectivity index (χ1n) is 3.90. The highest BCUT2D eigenvalue weighted by Crippen LogP contribution is 2.60. The van der Waals surface area contributed by atoms with Gasteiger partial charge >= 0.3 is 11.9 Å². The van der Waals surface area contributed by atoms with E-state index in [9.17, 15) is 9.59 Å². The Balaban J connectivity index is 2.81. The summed E-state index contributed by atoms with van der Waals surface area (Å²) in [6.45, 7) is 3.53. The Hall–Kier alpha value is -1.06. The zero-order valence-electron chi connectivity index (χ0n) is 7.07. The molecular formula is C8H12O4. The minimum atomic E-state index is -0.994. The van der Waals surface area contributed by atoms with Gasteiger partial charge in [-0.15, -0.1) is 0 Å². The third kappa shape index (κ3) is 0.983. The maximum atomic E-state index is 10.6. The monoisotopic (exact) mass is 172 g/mol. The average molecular weight is 172 g/mol. The lowest BCUT2D eigenvalue weighted by atomic mass is 10.0. The van der Waals surface area contributed by atoms with E-state index in [4.69, 9.17) is 10.2 Å². The van der Waals surface area contributed by atoms with E-state index in [1.807, 2.05) is 6.92 Å². The molecule has 0 aliphatic heterocycles. The molecule has 0 amide bonds. The molecule has 1 saturated carbocycles. The van der Waals surface area contributed by atoms with Crippen molar-refractivity contribution in [2.45, 2.75) is 20.3 Å². The molecular weight excluding hydrogens is 160 g/mol. The molecule has 1 fully saturated rings. The first-order valence-corrected chi connectivity index (χ1v) is 3.90. The van der Waals surface area contributed by atoms with Gasteiger partial charge in [-0.2, -0.15) is 0 Å². The predicted octanol–water partition coefficient (Wildman–Crippen LogP) is 0.818. The van der Waals surface area contributed by atoms with Gasteiger partial charge in [0.2, 0.25) is 0 Å². The number of aliphatic carboxylic acids is 2. The number of carboxylic acids is 2. The molecule has 0 bridgehead atoms. The molecule has 0 heterocycles. The molecule has 2 N–H and O–H groups in total. The summed E-state index contributed by atoms with van der Waals surface area (Å²) in [5, 5.41) is 17.4. The number of carbonyl (C=O) groups is 2. The molecule has 0 saturated heterocycles.